The highest BCUT2D eigenvalue weighted by Gasteiger charge is 2.16. The van der Waals surface area contributed by atoms with Gasteiger partial charge in [-0.2, -0.15) is 5.10 Å². The molecule has 0 bridgehead atoms. The summed E-state index contributed by atoms with van der Waals surface area (Å²) < 4.78 is 6.43. The molecule has 0 spiro atoms. The summed E-state index contributed by atoms with van der Waals surface area (Å²) in [4.78, 5) is 11.1. The van der Waals surface area contributed by atoms with Crippen molar-refractivity contribution >= 4 is 5.97 Å². The average Bonchev–Trinajstić information content (AvgIpc) is 2.65. The third kappa shape index (κ3) is 3.06. The molecular formula is C10H17N3O2. The minimum atomic E-state index is -0.609. The van der Waals surface area contributed by atoms with Gasteiger partial charge in [0.2, 0.25) is 0 Å². The SMILES string of the molecule is CCCn1nccc1CC(N)C(=O)OC. The standard InChI is InChI=1S/C10H17N3O2/c1-3-6-13-8(4-5-12-13)7-9(11)10(14)15-2/h4-5,9H,3,6-7,11H2,1-2H3. The molecule has 15 heavy (non-hydrogen) atoms. The van der Waals surface area contributed by atoms with E-state index >= 15 is 0 Å². The zero-order valence-corrected chi connectivity index (χ0v) is 9.14. The van der Waals surface area contributed by atoms with Crippen LogP contribution >= 0.6 is 0 Å². The Morgan fingerprint density at radius 2 is 2.47 bits per heavy atom. The second kappa shape index (κ2) is 5.50. The van der Waals surface area contributed by atoms with Crippen LogP contribution < -0.4 is 5.73 Å². The molecule has 84 valence electrons. The minimum Gasteiger partial charge on any atom is -0.468 e. The second-order valence-corrected chi connectivity index (χ2v) is 3.38. The van der Waals surface area contributed by atoms with Crippen LogP contribution in [0.4, 0.5) is 0 Å². The predicted octanol–water partition coefficient (Wildman–Crippen LogP) is 0.336. The highest BCUT2D eigenvalue weighted by Crippen LogP contribution is 2.04. The first-order valence-electron chi connectivity index (χ1n) is 5.03. The number of nitrogens with zero attached hydrogens (tertiary/aromatic N) is 2. The van der Waals surface area contributed by atoms with Crippen molar-refractivity contribution in [1.82, 2.24) is 9.78 Å². The van der Waals surface area contributed by atoms with E-state index in [0.29, 0.717) is 6.42 Å². The number of esters is 1. The van der Waals surface area contributed by atoms with Gasteiger partial charge in [0.1, 0.15) is 6.04 Å². The summed E-state index contributed by atoms with van der Waals surface area (Å²) in [6, 6.07) is 1.26. The van der Waals surface area contributed by atoms with Crippen LogP contribution in [0.15, 0.2) is 12.3 Å². The second-order valence-electron chi connectivity index (χ2n) is 3.38. The van der Waals surface area contributed by atoms with E-state index in [1.54, 1.807) is 6.20 Å². The molecule has 0 aliphatic heterocycles. The molecule has 5 nitrogen and oxygen atoms in total. The lowest BCUT2D eigenvalue weighted by atomic mass is 10.1. The van der Waals surface area contributed by atoms with Crippen molar-refractivity contribution in [3.05, 3.63) is 18.0 Å². The van der Waals surface area contributed by atoms with Crippen LogP contribution in [0.5, 0.6) is 0 Å². The molecule has 0 aliphatic rings. The van der Waals surface area contributed by atoms with Gasteiger partial charge >= 0.3 is 5.97 Å². The van der Waals surface area contributed by atoms with E-state index in [1.165, 1.54) is 7.11 Å². The molecular weight excluding hydrogens is 194 g/mol. The number of ether oxygens (including phenoxy) is 1. The molecule has 1 aromatic rings. The number of methoxy groups -OCH3 is 1. The van der Waals surface area contributed by atoms with Crippen molar-refractivity contribution in [3.63, 3.8) is 0 Å². The Morgan fingerprint density at radius 1 is 1.73 bits per heavy atom. The van der Waals surface area contributed by atoms with E-state index in [-0.39, 0.29) is 5.97 Å². The van der Waals surface area contributed by atoms with Crippen molar-refractivity contribution in [3.8, 4) is 0 Å². The highest BCUT2D eigenvalue weighted by atomic mass is 16.5. The lowest BCUT2D eigenvalue weighted by molar-refractivity contribution is -0.142. The summed E-state index contributed by atoms with van der Waals surface area (Å²) in [5, 5.41) is 4.15. The van der Waals surface area contributed by atoms with Crippen LogP contribution in [-0.4, -0.2) is 28.9 Å². The maximum Gasteiger partial charge on any atom is 0.323 e. The van der Waals surface area contributed by atoms with Gasteiger partial charge in [0.15, 0.2) is 0 Å². The molecule has 0 aliphatic carbocycles. The van der Waals surface area contributed by atoms with Gasteiger partial charge in [0, 0.05) is 24.9 Å². The summed E-state index contributed by atoms with van der Waals surface area (Å²) in [6.07, 6.45) is 3.18. The number of hydrogen-bond donors (Lipinski definition) is 1. The Balaban J connectivity index is 2.63. The summed E-state index contributed by atoms with van der Waals surface area (Å²) in [6.45, 7) is 2.92. The van der Waals surface area contributed by atoms with E-state index in [9.17, 15) is 4.79 Å². The monoisotopic (exact) mass is 211 g/mol. The maximum atomic E-state index is 11.1. The van der Waals surface area contributed by atoms with Crippen LogP contribution in [0.25, 0.3) is 0 Å². The Hall–Kier alpha value is -1.36. The van der Waals surface area contributed by atoms with Crippen LogP contribution in [0, 0.1) is 0 Å². The largest absolute Gasteiger partial charge is 0.468 e. The topological polar surface area (TPSA) is 70.1 Å². The number of carbonyl (C=O) groups excluding carboxylic acids is 1. The van der Waals surface area contributed by atoms with E-state index in [0.717, 1.165) is 18.7 Å². The zero-order valence-electron chi connectivity index (χ0n) is 9.14. The van der Waals surface area contributed by atoms with Crippen molar-refractivity contribution in [2.24, 2.45) is 5.73 Å². The molecule has 0 fully saturated rings. The van der Waals surface area contributed by atoms with Gasteiger partial charge in [-0.05, 0) is 12.5 Å². The minimum absolute atomic E-state index is 0.390. The third-order valence-electron chi connectivity index (χ3n) is 2.17. The van der Waals surface area contributed by atoms with Gasteiger partial charge in [0.05, 0.1) is 7.11 Å². The summed E-state index contributed by atoms with van der Waals surface area (Å²) in [5.74, 6) is -0.390. The van der Waals surface area contributed by atoms with Crippen molar-refractivity contribution in [2.45, 2.75) is 32.4 Å². The number of rotatable bonds is 5. The molecule has 1 unspecified atom stereocenters. The first-order valence-corrected chi connectivity index (χ1v) is 5.03. The Kier molecular flexibility index (Phi) is 4.30. The third-order valence-corrected chi connectivity index (χ3v) is 2.17. The molecule has 5 heteroatoms. The van der Waals surface area contributed by atoms with Gasteiger partial charge in [-0.3, -0.25) is 9.48 Å². The molecule has 0 saturated heterocycles. The van der Waals surface area contributed by atoms with Gasteiger partial charge < -0.3 is 10.5 Å². The fourth-order valence-electron chi connectivity index (χ4n) is 1.41. The van der Waals surface area contributed by atoms with E-state index in [4.69, 9.17) is 5.73 Å². The maximum absolute atomic E-state index is 11.1. The van der Waals surface area contributed by atoms with E-state index in [1.807, 2.05) is 10.7 Å². The van der Waals surface area contributed by atoms with Crippen LogP contribution in [0.3, 0.4) is 0 Å². The molecule has 1 aromatic heterocycles. The lowest BCUT2D eigenvalue weighted by Gasteiger charge is -2.10. The quantitative estimate of drug-likeness (QED) is 0.713. The first kappa shape index (κ1) is 11.7. The Morgan fingerprint density at radius 3 is 3.07 bits per heavy atom. The molecule has 2 N–H and O–H groups in total. The molecule has 0 aromatic carbocycles. The molecule has 1 rings (SSSR count). The van der Waals surface area contributed by atoms with Gasteiger partial charge in [-0.25, -0.2) is 0 Å². The number of hydrogen-bond acceptors (Lipinski definition) is 4. The zero-order chi connectivity index (χ0) is 11.3. The normalized spacial score (nSPS) is 12.5. The lowest BCUT2D eigenvalue weighted by Crippen LogP contribution is -2.34. The van der Waals surface area contributed by atoms with Crippen LogP contribution in [0.2, 0.25) is 0 Å². The van der Waals surface area contributed by atoms with Crippen molar-refractivity contribution in [2.75, 3.05) is 7.11 Å². The van der Waals surface area contributed by atoms with Gasteiger partial charge in [-0.15, -0.1) is 0 Å². The number of aryl methyl sites for hydroxylation is 1. The highest BCUT2D eigenvalue weighted by molar-refractivity contribution is 5.75. The predicted molar refractivity (Wildman–Crippen MR) is 56.2 cm³/mol. The van der Waals surface area contributed by atoms with E-state index in [2.05, 4.69) is 16.8 Å². The molecule has 1 atom stereocenters. The summed E-state index contributed by atoms with van der Waals surface area (Å²) in [5.41, 5.74) is 6.64. The molecule has 0 saturated carbocycles. The summed E-state index contributed by atoms with van der Waals surface area (Å²) in [7, 11) is 1.34. The van der Waals surface area contributed by atoms with Crippen molar-refractivity contribution in [1.29, 1.82) is 0 Å². The van der Waals surface area contributed by atoms with Gasteiger partial charge in [-0.1, -0.05) is 6.92 Å². The van der Waals surface area contributed by atoms with E-state index < -0.39 is 6.04 Å². The van der Waals surface area contributed by atoms with Gasteiger partial charge in [0.25, 0.3) is 0 Å². The summed E-state index contributed by atoms with van der Waals surface area (Å²) >= 11 is 0. The fraction of sp³-hybridized carbons (Fsp3) is 0.600. The smallest absolute Gasteiger partial charge is 0.323 e. The number of nitrogens with two attached hydrogens (primary N) is 1. The Bertz CT molecular complexity index is 322. The number of carbonyl (C=O) groups is 1. The van der Waals surface area contributed by atoms with Crippen LogP contribution in [0.1, 0.15) is 19.0 Å². The fourth-order valence-corrected chi connectivity index (χ4v) is 1.41. The molecule has 1 heterocycles. The first-order chi connectivity index (χ1) is 7.19. The Labute approximate surface area is 89.2 Å². The molecule has 0 amide bonds. The number of aromatic nitrogens is 2. The van der Waals surface area contributed by atoms with Crippen molar-refractivity contribution < 1.29 is 9.53 Å². The van der Waals surface area contributed by atoms with Crippen LogP contribution in [-0.2, 0) is 22.5 Å². The molecule has 0 radical (unpaired) electrons. The average molecular weight is 211 g/mol.